The van der Waals surface area contributed by atoms with E-state index in [1.165, 1.54) is 0 Å². The summed E-state index contributed by atoms with van der Waals surface area (Å²) in [7, 11) is 0. The molecule has 0 amide bonds. The summed E-state index contributed by atoms with van der Waals surface area (Å²) < 4.78 is 5.40. The van der Waals surface area contributed by atoms with Gasteiger partial charge in [-0.2, -0.15) is 0 Å². The summed E-state index contributed by atoms with van der Waals surface area (Å²) in [4.78, 5) is 9.14. The molecule has 0 aliphatic carbocycles. The molecule has 0 saturated heterocycles. The van der Waals surface area contributed by atoms with Gasteiger partial charge >= 0.3 is 0 Å². The molecule has 5 heteroatoms. The second kappa shape index (κ2) is 5.74. The van der Waals surface area contributed by atoms with E-state index in [-0.39, 0.29) is 0 Å². The third-order valence-electron chi connectivity index (χ3n) is 3.40. The van der Waals surface area contributed by atoms with Crippen molar-refractivity contribution < 1.29 is 4.42 Å². The minimum atomic E-state index is 0.322. The van der Waals surface area contributed by atoms with Gasteiger partial charge in [0.05, 0.1) is 11.8 Å². The topological polar surface area (TPSA) is 51.0 Å². The molecule has 1 atom stereocenters. The minimum Gasteiger partial charge on any atom is -0.461 e. The van der Waals surface area contributed by atoms with E-state index in [1.54, 1.807) is 6.26 Å². The highest BCUT2D eigenvalue weighted by molar-refractivity contribution is 6.31. The summed E-state index contributed by atoms with van der Waals surface area (Å²) in [6.07, 6.45) is 2.62. The van der Waals surface area contributed by atoms with Crippen molar-refractivity contribution in [2.24, 2.45) is 0 Å². The van der Waals surface area contributed by atoms with Crippen LogP contribution in [0.25, 0.3) is 22.5 Å². The number of benzene rings is 1. The van der Waals surface area contributed by atoms with Crippen LogP contribution in [0.4, 0.5) is 5.82 Å². The lowest BCUT2D eigenvalue weighted by atomic mass is 10.2. The number of furan rings is 1. The van der Waals surface area contributed by atoms with Crippen molar-refractivity contribution in [1.29, 1.82) is 0 Å². The van der Waals surface area contributed by atoms with E-state index in [0.29, 0.717) is 22.6 Å². The summed E-state index contributed by atoms with van der Waals surface area (Å²) >= 11 is 6.08. The van der Waals surface area contributed by atoms with Gasteiger partial charge in [-0.25, -0.2) is 9.97 Å². The van der Waals surface area contributed by atoms with E-state index >= 15 is 0 Å². The standard InChI is InChI=1S/C16H16ClN3O/c1-3-10(2)18-15-12-7-6-11(17)9-13(12)19-16(20-15)14-5-4-8-21-14/h4-10H,3H2,1-2H3,(H,18,19,20)/t10-/m1/s1. The van der Waals surface area contributed by atoms with Crippen LogP contribution in [0.5, 0.6) is 0 Å². The molecule has 1 N–H and O–H groups in total. The maximum atomic E-state index is 6.08. The SMILES string of the molecule is CC[C@@H](C)Nc1nc(-c2ccco2)nc2cc(Cl)ccc12. The Morgan fingerprint density at radius 1 is 1.29 bits per heavy atom. The predicted octanol–water partition coefficient (Wildman–Crippen LogP) is 4.75. The molecule has 4 nitrogen and oxygen atoms in total. The predicted molar refractivity (Wildman–Crippen MR) is 85.6 cm³/mol. The average molecular weight is 302 g/mol. The summed E-state index contributed by atoms with van der Waals surface area (Å²) in [6, 6.07) is 9.62. The molecule has 3 rings (SSSR count). The zero-order chi connectivity index (χ0) is 14.8. The van der Waals surface area contributed by atoms with E-state index in [9.17, 15) is 0 Å². The molecule has 0 aliphatic heterocycles. The molecule has 21 heavy (non-hydrogen) atoms. The lowest BCUT2D eigenvalue weighted by Crippen LogP contribution is -2.15. The number of halogens is 1. The average Bonchev–Trinajstić information content (AvgIpc) is 3.00. The van der Waals surface area contributed by atoms with Gasteiger partial charge in [-0.05, 0) is 43.7 Å². The Kier molecular flexibility index (Phi) is 3.80. The quantitative estimate of drug-likeness (QED) is 0.755. The fourth-order valence-corrected chi connectivity index (χ4v) is 2.23. The third-order valence-corrected chi connectivity index (χ3v) is 3.63. The largest absolute Gasteiger partial charge is 0.461 e. The number of rotatable bonds is 4. The number of aromatic nitrogens is 2. The number of nitrogens with one attached hydrogen (secondary N) is 1. The molecule has 3 aromatic rings. The summed E-state index contributed by atoms with van der Waals surface area (Å²) in [5, 5.41) is 5.03. The highest BCUT2D eigenvalue weighted by Crippen LogP contribution is 2.27. The monoisotopic (exact) mass is 301 g/mol. The van der Waals surface area contributed by atoms with Crippen molar-refractivity contribution in [1.82, 2.24) is 9.97 Å². The van der Waals surface area contributed by atoms with Crippen LogP contribution in [0.15, 0.2) is 41.0 Å². The Balaban J connectivity index is 2.18. The van der Waals surface area contributed by atoms with Gasteiger partial charge in [-0.3, -0.25) is 0 Å². The third kappa shape index (κ3) is 2.85. The lowest BCUT2D eigenvalue weighted by molar-refractivity contribution is 0.577. The maximum absolute atomic E-state index is 6.08. The second-order valence-corrected chi connectivity index (χ2v) is 5.42. The van der Waals surface area contributed by atoms with Gasteiger partial charge in [0.1, 0.15) is 5.82 Å². The van der Waals surface area contributed by atoms with Gasteiger partial charge in [0.2, 0.25) is 0 Å². The Morgan fingerprint density at radius 2 is 2.14 bits per heavy atom. The van der Waals surface area contributed by atoms with Crippen molar-refractivity contribution in [2.45, 2.75) is 26.3 Å². The molecular weight excluding hydrogens is 286 g/mol. The van der Waals surface area contributed by atoms with Crippen LogP contribution in [0, 0.1) is 0 Å². The summed E-state index contributed by atoms with van der Waals surface area (Å²) in [5.41, 5.74) is 0.801. The van der Waals surface area contributed by atoms with Gasteiger partial charge in [-0.1, -0.05) is 18.5 Å². The first-order valence-electron chi connectivity index (χ1n) is 6.95. The first kappa shape index (κ1) is 13.9. The maximum Gasteiger partial charge on any atom is 0.198 e. The molecule has 0 spiro atoms. The van der Waals surface area contributed by atoms with Crippen molar-refractivity contribution >= 4 is 28.3 Å². The molecule has 1 aromatic carbocycles. The molecule has 108 valence electrons. The van der Waals surface area contributed by atoms with Crippen molar-refractivity contribution in [3.8, 4) is 11.6 Å². The van der Waals surface area contributed by atoms with Crippen molar-refractivity contribution in [3.63, 3.8) is 0 Å². The van der Waals surface area contributed by atoms with Crippen molar-refractivity contribution in [3.05, 3.63) is 41.6 Å². The number of anilines is 1. The number of fused-ring (bicyclic) bond motifs is 1. The van der Waals surface area contributed by atoms with Gasteiger partial charge < -0.3 is 9.73 Å². The molecule has 2 heterocycles. The molecule has 0 unspecified atom stereocenters. The fraction of sp³-hybridized carbons (Fsp3) is 0.250. The van der Waals surface area contributed by atoms with Crippen LogP contribution >= 0.6 is 11.6 Å². The van der Waals surface area contributed by atoms with Gasteiger partial charge in [-0.15, -0.1) is 0 Å². The van der Waals surface area contributed by atoms with Crippen LogP contribution in [0.1, 0.15) is 20.3 Å². The molecular formula is C16H16ClN3O. The lowest BCUT2D eigenvalue weighted by Gasteiger charge is -2.15. The van der Waals surface area contributed by atoms with Gasteiger partial charge in [0.25, 0.3) is 0 Å². The van der Waals surface area contributed by atoms with E-state index in [0.717, 1.165) is 23.1 Å². The number of nitrogens with zero attached hydrogens (tertiary/aromatic N) is 2. The molecule has 0 radical (unpaired) electrons. The minimum absolute atomic E-state index is 0.322. The molecule has 2 aromatic heterocycles. The fourth-order valence-electron chi connectivity index (χ4n) is 2.06. The first-order chi connectivity index (χ1) is 10.2. The van der Waals surface area contributed by atoms with Crippen LogP contribution < -0.4 is 5.32 Å². The van der Waals surface area contributed by atoms with Gasteiger partial charge in [0.15, 0.2) is 11.6 Å². The molecule has 0 aliphatic rings. The van der Waals surface area contributed by atoms with Crippen LogP contribution in [0.3, 0.4) is 0 Å². The highest BCUT2D eigenvalue weighted by atomic mass is 35.5. The normalized spacial score (nSPS) is 12.5. The zero-order valence-corrected chi connectivity index (χ0v) is 12.7. The molecule has 0 fully saturated rings. The Hall–Kier alpha value is -2.07. The Morgan fingerprint density at radius 3 is 2.86 bits per heavy atom. The number of hydrogen-bond acceptors (Lipinski definition) is 4. The molecule has 0 saturated carbocycles. The van der Waals surface area contributed by atoms with E-state index in [2.05, 4.69) is 29.1 Å². The smallest absolute Gasteiger partial charge is 0.198 e. The van der Waals surface area contributed by atoms with Crippen LogP contribution in [-0.4, -0.2) is 16.0 Å². The van der Waals surface area contributed by atoms with E-state index in [4.69, 9.17) is 16.0 Å². The molecule has 0 bridgehead atoms. The Labute approximate surface area is 128 Å². The second-order valence-electron chi connectivity index (χ2n) is 4.99. The summed E-state index contributed by atoms with van der Waals surface area (Å²) in [6.45, 7) is 4.25. The van der Waals surface area contributed by atoms with E-state index in [1.807, 2.05) is 30.3 Å². The van der Waals surface area contributed by atoms with Crippen molar-refractivity contribution in [2.75, 3.05) is 5.32 Å². The Bertz CT molecular complexity index is 756. The van der Waals surface area contributed by atoms with Crippen LogP contribution in [0.2, 0.25) is 5.02 Å². The first-order valence-corrected chi connectivity index (χ1v) is 7.33. The highest BCUT2D eigenvalue weighted by Gasteiger charge is 2.12. The van der Waals surface area contributed by atoms with Crippen LogP contribution in [-0.2, 0) is 0 Å². The summed E-state index contributed by atoms with van der Waals surface area (Å²) in [5.74, 6) is 2.00. The number of hydrogen-bond donors (Lipinski definition) is 1. The van der Waals surface area contributed by atoms with E-state index < -0.39 is 0 Å². The zero-order valence-electron chi connectivity index (χ0n) is 11.9. The van der Waals surface area contributed by atoms with Gasteiger partial charge in [0, 0.05) is 16.5 Å².